The number of benzene rings is 2. The molecule has 0 bridgehead atoms. The van der Waals surface area contributed by atoms with Crippen molar-refractivity contribution in [1.29, 1.82) is 0 Å². The van der Waals surface area contributed by atoms with Crippen LogP contribution in [0.25, 0.3) is 0 Å². The van der Waals surface area contributed by atoms with Gasteiger partial charge in [0.1, 0.15) is 0 Å². The van der Waals surface area contributed by atoms with Crippen molar-refractivity contribution in [1.82, 2.24) is 0 Å². The molecule has 166 valence electrons. The van der Waals surface area contributed by atoms with E-state index in [0.717, 1.165) is 0 Å². The monoisotopic (exact) mass is 526 g/mol. The zero-order valence-corrected chi connectivity index (χ0v) is 24.7. The number of rotatable bonds is 5. The molecule has 0 heterocycles. The summed E-state index contributed by atoms with van der Waals surface area (Å²) in [5.41, 5.74) is 8.80. The van der Waals surface area contributed by atoms with E-state index in [1.165, 1.54) is 35.1 Å². The maximum atomic E-state index is 2.46. The van der Waals surface area contributed by atoms with Gasteiger partial charge in [-0.15, -0.1) is 0 Å². The van der Waals surface area contributed by atoms with Crippen molar-refractivity contribution >= 4 is 19.2 Å². The fourth-order valence-corrected chi connectivity index (χ4v) is 10.3. The van der Waals surface area contributed by atoms with Crippen LogP contribution >= 0.6 is 0 Å². The first-order valence-electron chi connectivity index (χ1n) is 10.5. The van der Waals surface area contributed by atoms with Crippen LogP contribution in [0.1, 0.15) is 55.9 Å². The summed E-state index contributed by atoms with van der Waals surface area (Å²) in [5.74, 6) is 0.658. The van der Waals surface area contributed by atoms with Gasteiger partial charge in [-0.05, 0) is 0 Å². The number of hydrogen-bond acceptors (Lipinski definition) is 0. The molecule has 1 unspecified atom stereocenters. The SMILES string of the molecule is CCC(C)C1=C(C)CC([SiH](c2cc(C)cc(C)c2)c2cc(C)cc(C)c2)=[C]1[Ti+3].[Cl-].[Cl-].[Cl-]. The van der Waals surface area contributed by atoms with Crippen molar-refractivity contribution in [2.75, 3.05) is 0 Å². The molecule has 1 aliphatic carbocycles. The van der Waals surface area contributed by atoms with Crippen molar-refractivity contribution in [2.24, 2.45) is 5.92 Å². The normalized spacial score (nSPS) is 14.3. The third-order valence-electron chi connectivity index (χ3n) is 6.11. The predicted molar refractivity (Wildman–Crippen MR) is 122 cm³/mol. The standard InChI is InChI=1S/C26H33Si.3ClH.Ti/c1-8-21(6)26-16-25(15-22(26)7)27(23-11-17(2)9-18(3)12-23)24-13-19(4)10-20(5)14-24;;;;/h9-14,21,27H,8,15H2,1-7H3;3*1H;/q;;;;+3/p-3. The van der Waals surface area contributed by atoms with Crippen molar-refractivity contribution in [3.63, 3.8) is 0 Å². The first kappa shape index (κ1) is 30.7. The minimum Gasteiger partial charge on any atom is -1.00 e. The van der Waals surface area contributed by atoms with Crippen molar-refractivity contribution in [2.45, 2.75) is 61.3 Å². The van der Waals surface area contributed by atoms with Crippen LogP contribution in [-0.4, -0.2) is 8.80 Å². The average molecular weight is 528 g/mol. The molecule has 2 aromatic carbocycles. The third-order valence-corrected chi connectivity index (χ3v) is 10.7. The molecule has 5 heteroatoms. The van der Waals surface area contributed by atoms with Gasteiger partial charge in [0.25, 0.3) is 0 Å². The van der Waals surface area contributed by atoms with Gasteiger partial charge in [0.2, 0.25) is 0 Å². The molecular weight excluding hydrogens is 495 g/mol. The average Bonchev–Trinajstić information content (AvgIpc) is 2.87. The van der Waals surface area contributed by atoms with Crippen LogP contribution in [0, 0.1) is 33.6 Å². The topological polar surface area (TPSA) is 0 Å². The van der Waals surface area contributed by atoms with Gasteiger partial charge >= 0.3 is 186 Å². The first-order chi connectivity index (χ1) is 13.2. The summed E-state index contributed by atoms with van der Waals surface area (Å²) in [7, 11) is -1.46. The van der Waals surface area contributed by atoms with E-state index in [4.69, 9.17) is 0 Å². The molecule has 0 N–H and O–H groups in total. The quantitative estimate of drug-likeness (QED) is 0.353. The summed E-state index contributed by atoms with van der Waals surface area (Å²) >= 11 is 2.40. The molecule has 0 spiro atoms. The van der Waals surface area contributed by atoms with Gasteiger partial charge in [-0.2, -0.15) is 0 Å². The molecule has 1 aliphatic rings. The predicted octanol–water partition coefficient (Wildman–Crippen LogP) is -3.62. The molecule has 2 aromatic rings. The molecule has 1 atom stereocenters. The molecule has 0 aromatic heterocycles. The van der Waals surface area contributed by atoms with E-state index >= 15 is 0 Å². The van der Waals surface area contributed by atoms with Crippen LogP contribution in [0.15, 0.2) is 56.6 Å². The van der Waals surface area contributed by atoms with Gasteiger partial charge < -0.3 is 37.2 Å². The van der Waals surface area contributed by atoms with Crippen LogP contribution < -0.4 is 47.6 Å². The Morgan fingerprint density at radius 3 is 1.52 bits per heavy atom. The number of aryl methyl sites for hydroxylation is 4. The maximum Gasteiger partial charge on any atom is -1.00 e. The molecule has 3 rings (SSSR count). The van der Waals surface area contributed by atoms with Gasteiger partial charge in [0.15, 0.2) is 0 Å². The molecule has 0 aliphatic heterocycles. The fraction of sp³-hybridized carbons (Fsp3) is 0.385. The van der Waals surface area contributed by atoms with Crippen LogP contribution in [0.5, 0.6) is 0 Å². The largest absolute Gasteiger partial charge is 1.00 e. The Hall–Kier alpha value is -0.279. The van der Waals surface area contributed by atoms with E-state index in [2.05, 4.69) is 105 Å². The van der Waals surface area contributed by atoms with Crippen molar-refractivity contribution in [3.05, 3.63) is 78.9 Å². The van der Waals surface area contributed by atoms with E-state index in [1.54, 1.807) is 30.6 Å². The molecule has 0 nitrogen and oxygen atoms in total. The summed E-state index contributed by atoms with van der Waals surface area (Å²) in [6.07, 6.45) is 2.39. The summed E-state index contributed by atoms with van der Waals surface area (Å²) in [6.45, 7) is 16.1. The Kier molecular flexibility index (Phi) is 12.7. The molecule has 0 amide bonds. The second kappa shape index (κ2) is 12.8. The smallest absolute Gasteiger partial charge is 1.00 e. The van der Waals surface area contributed by atoms with Gasteiger partial charge in [0.05, 0.1) is 0 Å². The third kappa shape index (κ3) is 6.86. The Bertz CT molecular complexity index is 887. The van der Waals surface area contributed by atoms with Gasteiger partial charge in [-0.25, -0.2) is 0 Å². The second-order valence-electron chi connectivity index (χ2n) is 8.86. The van der Waals surface area contributed by atoms with Crippen LogP contribution in [0.4, 0.5) is 0 Å². The van der Waals surface area contributed by atoms with Gasteiger partial charge in [-0.1, -0.05) is 0 Å². The molecule has 0 saturated heterocycles. The van der Waals surface area contributed by atoms with Crippen molar-refractivity contribution < 1.29 is 57.7 Å². The van der Waals surface area contributed by atoms with Gasteiger partial charge in [0, 0.05) is 0 Å². The minimum atomic E-state index is -1.46. The first-order valence-corrected chi connectivity index (χ1v) is 13.0. The number of halogens is 3. The molecule has 0 saturated carbocycles. The zero-order valence-electron chi connectivity index (χ0n) is 19.7. The fourth-order valence-electron chi connectivity index (χ4n) is 4.92. The van der Waals surface area contributed by atoms with E-state index in [9.17, 15) is 0 Å². The molecule has 31 heavy (non-hydrogen) atoms. The van der Waals surface area contributed by atoms with E-state index in [-0.39, 0.29) is 37.2 Å². The van der Waals surface area contributed by atoms with E-state index in [0.29, 0.717) is 5.92 Å². The maximum absolute atomic E-state index is 2.46. The van der Waals surface area contributed by atoms with Crippen LogP contribution in [0.2, 0.25) is 0 Å². The Balaban J connectivity index is 0.00000300. The molecule has 0 radical (unpaired) electrons. The number of allylic oxidation sites excluding steroid dienone is 4. The van der Waals surface area contributed by atoms with E-state index in [1.807, 2.05) is 0 Å². The zero-order chi connectivity index (χ0) is 20.6. The Labute approximate surface area is 221 Å². The Morgan fingerprint density at radius 2 is 1.16 bits per heavy atom. The second-order valence-corrected chi connectivity index (χ2v) is 12.5. The van der Waals surface area contributed by atoms with Crippen molar-refractivity contribution in [3.8, 4) is 0 Å². The van der Waals surface area contributed by atoms with E-state index < -0.39 is 8.80 Å². The summed E-state index contributed by atoms with van der Waals surface area (Å²) in [5, 5.41) is 4.90. The summed E-state index contributed by atoms with van der Waals surface area (Å²) in [4.78, 5) is 0. The summed E-state index contributed by atoms with van der Waals surface area (Å²) < 4.78 is 1.60. The Morgan fingerprint density at radius 1 is 0.774 bits per heavy atom. The summed E-state index contributed by atoms with van der Waals surface area (Å²) in [6, 6.07) is 14.4. The van der Waals surface area contributed by atoms with Crippen LogP contribution in [0.3, 0.4) is 0 Å². The minimum absolute atomic E-state index is 0. The molecular formula is C26H33Cl3SiTi. The number of hydrogen-bond donors (Lipinski definition) is 0. The van der Waals surface area contributed by atoms with Gasteiger partial charge in [-0.3, -0.25) is 0 Å². The van der Waals surface area contributed by atoms with Crippen LogP contribution in [-0.2, 0) is 20.4 Å². The molecule has 0 fully saturated rings.